The number of aryl methyl sites for hydroxylation is 1. The second-order valence-corrected chi connectivity index (χ2v) is 26.7. The Morgan fingerprint density at radius 2 is 1.93 bits per heavy atom. The number of cyclic esters (lactones) is 1. The number of methoxy groups -OCH3 is 1. The molecule has 4 aromatic rings. The molecule has 1 N–H and O–H groups in total. The largest absolute Gasteiger partial charge is 0.465 e. The minimum absolute atomic E-state index is 0.00394. The summed E-state index contributed by atoms with van der Waals surface area (Å²) in [6.07, 6.45) is 5.18. The molecular weight excluding hydrogens is 939 g/mol. The molecule has 3 aromatic heterocycles. The molecule has 10 atom stereocenters. The van der Waals surface area contributed by atoms with Crippen molar-refractivity contribution in [3.63, 3.8) is 0 Å². The van der Waals surface area contributed by atoms with E-state index < -0.39 is 27.3 Å². The highest BCUT2D eigenvalue weighted by Gasteiger charge is 2.94. The maximum absolute atomic E-state index is 15.5. The number of aromatic nitrogens is 3. The number of pyridine rings is 1. The molecule has 1 saturated carbocycles. The van der Waals surface area contributed by atoms with Gasteiger partial charge in [0.15, 0.2) is 9.68 Å². The average Bonchev–Trinajstić information content (AvgIpc) is 4.27. The Morgan fingerprint density at radius 3 is 2.62 bits per heavy atom. The van der Waals surface area contributed by atoms with Gasteiger partial charge in [-0.1, -0.05) is 33.8 Å². The normalized spacial score (nSPS) is 31.4. The molecule has 1 aromatic carbocycles. The van der Waals surface area contributed by atoms with Gasteiger partial charge in [-0.2, -0.15) is 0 Å². The van der Waals surface area contributed by atoms with E-state index in [0.29, 0.717) is 73.5 Å². The highest BCUT2D eigenvalue weighted by molar-refractivity contribution is 7.10. The van der Waals surface area contributed by atoms with Crippen LogP contribution in [0.1, 0.15) is 77.1 Å². The second-order valence-electron chi connectivity index (χ2n) is 21.8. The summed E-state index contributed by atoms with van der Waals surface area (Å²) < 4.78 is 16.7. The molecule has 8 bridgehead atoms. The van der Waals surface area contributed by atoms with Gasteiger partial charge in [0.1, 0.15) is 6.04 Å². The quantitative estimate of drug-likeness (QED) is 0.150. The monoisotopic (exact) mass is 1000 g/mol. The summed E-state index contributed by atoms with van der Waals surface area (Å²) in [7, 11) is 10.1. The molecule has 10 heterocycles. The van der Waals surface area contributed by atoms with Crippen LogP contribution in [0.5, 0.6) is 0 Å². The molecule has 6 saturated heterocycles. The van der Waals surface area contributed by atoms with Crippen molar-refractivity contribution in [1.82, 2.24) is 44.2 Å². The highest BCUT2D eigenvalue weighted by Crippen LogP contribution is 2.81. The lowest BCUT2D eigenvalue weighted by Gasteiger charge is -2.55. The van der Waals surface area contributed by atoms with Crippen molar-refractivity contribution >= 4 is 75.5 Å². The Kier molecular flexibility index (Phi) is 11.4. The van der Waals surface area contributed by atoms with Crippen molar-refractivity contribution in [2.24, 2.45) is 22.7 Å². The minimum atomic E-state index is -0.901. The number of ether oxygens (including phenoxy) is 2. The van der Waals surface area contributed by atoms with Gasteiger partial charge in [-0.15, -0.1) is 11.3 Å². The molecule has 1 spiro atoms. The lowest BCUT2D eigenvalue weighted by molar-refractivity contribution is -0.154. The van der Waals surface area contributed by atoms with E-state index in [1.54, 1.807) is 36.6 Å². The van der Waals surface area contributed by atoms with Crippen LogP contribution in [-0.2, 0) is 48.5 Å². The summed E-state index contributed by atoms with van der Waals surface area (Å²) in [5.41, 5.74) is 5.25. The van der Waals surface area contributed by atoms with Crippen LogP contribution in [0.2, 0.25) is 5.54 Å². The van der Waals surface area contributed by atoms with Gasteiger partial charge >= 0.3 is 12.0 Å². The number of esters is 1. The molecule has 15 nitrogen and oxygen atoms in total. The fraction of sp³-hybridized carbons (Fsp3) is 0.600. The third-order valence-electron chi connectivity index (χ3n) is 16.5. The highest BCUT2D eigenvalue weighted by atomic mass is 32.1. The van der Waals surface area contributed by atoms with Crippen molar-refractivity contribution in [1.29, 1.82) is 0 Å². The number of amides is 4. The van der Waals surface area contributed by atoms with Gasteiger partial charge in [-0.3, -0.25) is 29.3 Å². The van der Waals surface area contributed by atoms with Crippen LogP contribution < -0.4 is 5.32 Å². The number of carbonyl (C=O) groups excluding carboxylic acids is 4. The third kappa shape index (κ3) is 7.44. The van der Waals surface area contributed by atoms with E-state index >= 15 is 4.79 Å². The summed E-state index contributed by atoms with van der Waals surface area (Å²) in [4.78, 5) is 74.5. The number of hydrazine groups is 1. The Labute approximate surface area is 417 Å². The maximum atomic E-state index is 15.5. The number of urea groups is 1. The first-order valence-corrected chi connectivity index (χ1v) is 28.1. The van der Waals surface area contributed by atoms with Crippen LogP contribution >= 0.6 is 11.3 Å². The van der Waals surface area contributed by atoms with Gasteiger partial charge < -0.3 is 29.2 Å². The zero-order valence-electron chi connectivity index (χ0n) is 41.1. The number of nitrogens with zero attached hydrogens (tertiary/aromatic N) is 8. The van der Waals surface area contributed by atoms with E-state index in [1.807, 2.05) is 36.7 Å². The van der Waals surface area contributed by atoms with E-state index in [0.717, 1.165) is 56.1 Å². The third-order valence-corrected chi connectivity index (χ3v) is 21.4. The van der Waals surface area contributed by atoms with E-state index in [2.05, 4.69) is 87.2 Å². The molecule has 361 valence electrons. The molecule has 19 heteroatoms. The lowest BCUT2D eigenvalue weighted by atomic mass is 9.84. The topological polar surface area (TPSA) is 145 Å². The summed E-state index contributed by atoms with van der Waals surface area (Å²) in [6.45, 7) is 15.2. The van der Waals surface area contributed by atoms with E-state index in [-0.39, 0.29) is 63.1 Å². The van der Waals surface area contributed by atoms with Gasteiger partial charge in [-0.25, -0.2) is 14.5 Å². The van der Waals surface area contributed by atoms with E-state index in [9.17, 15) is 14.4 Å². The number of rotatable bonds is 8. The summed E-state index contributed by atoms with van der Waals surface area (Å²) in [6, 6.07) is 10.5. The fourth-order valence-corrected chi connectivity index (χ4v) is 16.8. The first kappa shape index (κ1) is 47.1. The first-order chi connectivity index (χ1) is 32.8. The van der Waals surface area contributed by atoms with Crippen LogP contribution in [0.4, 0.5) is 4.79 Å². The summed E-state index contributed by atoms with van der Waals surface area (Å²) in [5, 5.41) is 7.81. The van der Waals surface area contributed by atoms with E-state index in [1.165, 1.54) is 0 Å². The number of nitrogens with one attached hydrogen (secondary N) is 1. The Hall–Kier alpha value is -4.25. The van der Waals surface area contributed by atoms with Crippen molar-refractivity contribution in [2.75, 3.05) is 47.4 Å². The summed E-state index contributed by atoms with van der Waals surface area (Å²) >= 11 is 1.56. The van der Waals surface area contributed by atoms with Gasteiger partial charge in [0.05, 0.1) is 65.0 Å². The van der Waals surface area contributed by atoms with Crippen LogP contribution in [0.3, 0.4) is 0 Å². The Morgan fingerprint density at radius 1 is 1.16 bits per heavy atom. The number of hydrogen-bond acceptors (Lipinski definition) is 11. The van der Waals surface area contributed by atoms with Crippen molar-refractivity contribution in [3.8, 4) is 22.5 Å². The van der Waals surface area contributed by atoms with Gasteiger partial charge in [0, 0.05) is 109 Å². The average molecular weight is 1000 g/mol. The molecule has 7 unspecified atom stereocenters. The predicted molar refractivity (Wildman–Crippen MR) is 266 cm³/mol. The Balaban J connectivity index is 0.969. The Bertz CT molecular complexity index is 2770. The molecule has 1 aliphatic carbocycles. The zero-order chi connectivity index (χ0) is 48.7. The molecule has 7 aliphatic heterocycles. The number of thiazole rings is 1. The van der Waals surface area contributed by atoms with Crippen LogP contribution in [-0.4, -0.2) is 169 Å². The number of piperazine rings is 1. The molecule has 7 radical (unpaired) electrons. The molecule has 8 aliphatic rings. The SMILES string of the molecule is CCn1c(-c2cccnc2[C@@](C)([Si])OC)c2c3cc(ccc31)-c1csc(n1)CC1(C(=O)N3CCC[C@@H](C(=O)OCC(C)(C)C2)C2[Si]N23)C2[Si]C21NC(=O)[C@H](C(C)C)N(C)C(=O)N1CC2CC(C1)N2C. The first-order valence-electron chi connectivity index (χ1n) is 24.6. The molecule has 7 fully saturated rings. The standard InChI is InChI=1S/C50H62N9O6SSi3/c1-10-57-36-16-15-28-19-33(36)34(39(57)31-13-11-17-51-40(31)48(6,67)64-9)21-47(4,5)26-65-43(61)32-14-12-18-58(59-42(32)69-59)45(62)49(22-37-52-35(28)25-66-37)44-50(49,68-44)53-41(60)38(27(2)3)55(8)46(63)56-23-29-20-30(24-56)54(29)7/h11,13,15-17,19,25,27,29-30,32,38,42,44H,10,12,14,18,20-24,26H2,1-9H3,(H,53,60)/t29?,30?,32-,38+,42?,44?,48-,49?,50?,59?/m1/s1. The van der Waals surface area contributed by atoms with Crippen molar-refractivity contribution < 1.29 is 28.7 Å². The second kappa shape index (κ2) is 16.7. The molecule has 4 amide bonds. The van der Waals surface area contributed by atoms with Gasteiger partial charge in [0.2, 0.25) is 11.8 Å². The smallest absolute Gasteiger partial charge is 0.320 e. The number of hydrogen-bond donors (Lipinski definition) is 1. The van der Waals surface area contributed by atoms with Crippen molar-refractivity contribution in [3.05, 3.63) is 58.2 Å². The number of piperidine rings is 1. The van der Waals surface area contributed by atoms with Gasteiger partial charge in [0.25, 0.3) is 0 Å². The van der Waals surface area contributed by atoms with Crippen LogP contribution in [0.15, 0.2) is 41.9 Å². The van der Waals surface area contributed by atoms with E-state index in [4.69, 9.17) is 19.4 Å². The molecule has 69 heavy (non-hydrogen) atoms. The van der Waals surface area contributed by atoms with Crippen LogP contribution in [0, 0.1) is 22.7 Å². The zero-order valence-corrected chi connectivity index (χ0v) is 44.9. The number of likely N-dealkylation sites (N-methyl/N-ethyl adjacent to an activating group) is 2. The molecule has 12 rings (SSSR count). The summed E-state index contributed by atoms with van der Waals surface area (Å²) in [5.74, 6) is -0.941. The fourth-order valence-electron chi connectivity index (χ4n) is 12.3. The van der Waals surface area contributed by atoms with Gasteiger partial charge in [-0.05, 0) is 87.9 Å². The molecular formula is C50H62N9O6SSi3. The lowest BCUT2D eigenvalue weighted by Crippen LogP contribution is -2.69. The predicted octanol–water partition coefficient (Wildman–Crippen LogP) is 4.70. The van der Waals surface area contributed by atoms with Crippen LogP contribution in [0.25, 0.3) is 33.4 Å². The van der Waals surface area contributed by atoms with Crippen molar-refractivity contribution in [2.45, 2.75) is 120 Å². The number of carbonyl (C=O) groups is 4. The number of fused-ring (bicyclic) bond motifs is 9. The maximum Gasteiger partial charge on any atom is 0.320 e. The minimum Gasteiger partial charge on any atom is -0.465 e. The number of benzene rings is 1.